The largest absolute Gasteiger partial charge is 0.327 e. The van der Waals surface area contributed by atoms with Crippen LogP contribution in [0.4, 0.5) is 0 Å². The first-order valence-corrected chi connectivity index (χ1v) is 4.30. The molecular formula is C7H15O2P. The van der Waals surface area contributed by atoms with Crippen LogP contribution in [0.1, 0.15) is 33.6 Å². The van der Waals surface area contributed by atoms with Crippen molar-refractivity contribution in [3.63, 3.8) is 0 Å². The van der Waals surface area contributed by atoms with E-state index in [0.717, 1.165) is 12.8 Å². The van der Waals surface area contributed by atoms with Crippen molar-refractivity contribution >= 4 is 8.69 Å². The summed E-state index contributed by atoms with van der Waals surface area (Å²) in [7, 11) is -0.205. The second-order valence-corrected chi connectivity index (χ2v) is 3.67. The zero-order valence-electron chi connectivity index (χ0n) is 6.89. The van der Waals surface area contributed by atoms with E-state index in [1.165, 1.54) is 0 Å². The maximum Gasteiger partial charge on any atom is 0.327 e. The molecule has 0 saturated heterocycles. The third-order valence-corrected chi connectivity index (χ3v) is 1.67. The van der Waals surface area contributed by atoms with Gasteiger partial charge in [-0.05, 0) is 11.8 Å². The smallest absolute Gasteiger partial charge is 0.294 e. The highest BCUT2D eigenvalue weighted by molar-refractivity contribution is 7.17. The van der Waals surface area contributed by atoms with Gasteiger partial charge in [0, 0.05) is 0 Å². The predicted octanol–water partition coefficient (Wildman–Crippen LogP) is 3.04. The SMILES string of the molecule is CCCC(C)(C)COP=O. The third kappa shape index (κ3) is 4.89. The van der Waals surface area contributed by atoms with Gasteiger partial charge in [-0.2, -0.15) is 0 Å². The van der Waals surface area contributed by atoms with Crippen molar-refractivity contribution < 1.29 is 9.09 Å². The Balaban J connectivity index is 3.51. The molecule has 0 aliphatic carbocycles. The molecule has 0 bridgehead atoms. The molecule has 0 spiro atoms. The molecule has 2 nitrogen and oxygen atoms in total. The van der Waals surface area contributed by atoms with E-state index < -0.39 is 0 Å². The number of hydrogen-bond donors (Lipinski definition) is 0. The van der Waals surface area contributed by atoms with E-state index in [0.29, 0.717) is 6.61 Å². The first kappa shape index (κ1) is 10.1. The van der Waals surface area contributed by atoms with Crippen LogP contribution in [0, 0.1) is 5.41 Å². The summed E-state index contributed by atoms with van der Waals surface area (Å²) >= 11 is 0. The molecule has 0 aliphatic rings. The molecular weight excluding hydrogens is 147 g/mol. The lowest BCUT2D eigenvalue weighted by Crippen LogP contribution is -2.16. The van der Waals surface area contributed by atoms with Crippen LogP contribution in [0.25, 0.3) is 0 Å². The van der Waals surface area contributed by atoms with Gasteiger partial charge in [-0.25, -0.2) is 4.57 Å². The zero-order valence-corrected chi connectivity index (χ0v) is 7.78. The molecule has 0 aromatic heterocycles. The monoisotopic (exact) mass is 162 g/mol. The summed E-state index contributed by atoms with van der Waals surface area (Å²) in [5, 5.41) is 0. The van der Waals surface area contributed by atoms with E-state index in [4.69, 9.17) is 4.52 Å². The van der Waals surface area contributed by atoms with Crippen LogP contribution < -0.4 is 0 Å². The van der Waals surface area contributed by atoms with Gasteiger partial charge in [-0.15, -0.1) is 0 Å². The van der Waals surface area contributed by atoms with Gasteiger partial charge in [-0.3, -0.25) is 4.52 Å². The second-order valence-electron chi connectivity index (χ2n) is 3.26. The molecule has 0 aromatic carbocycles. The van der Waals surface area contributed by atoms with Crippen LogP contribution in [-0.2, 0) is 9.09 Å². The molecule has 0 saturated carbocycles. The standard InChI is InChI=1S/C7H15O2P/c1-4-5-7(2,3)6-9-10-8/h4-6H2,1-3H3. The molecule has 0 N–H and O–H groups in total. The van der Waals surface area contributed by atoms with Crippen molar-refractivity contribution in [3.05, 3.63) is 0 Å². The Labute approximate surface area is 64.2 Å². The summed E-state index contributed by atoms with van der Waals surface area (Å²) in [6.45, 7) is 6.94. The van der Waals surface area contributed by atoms with E-state index in [1.54, 1.807) is 0 Å². The van der Waals surface area contributed by atoms with Gasteiger partial charge in [0.25, 0.3) is 0 Å². The number of rotatable bonds is 5. The Hall–Kier alpha value is 0.0600. The van der Waals surface area contributed by atoms with Crippen LogP contribution in [0.5, 0.6) is 0 Å². The third-order valence-electron chi connectivity index (χ3n) is 1.43. The Morgan fingerprint density at radius 2 is 2.10 bits per heavy atom. The van der Waals surface area contributed by atoms with Gasteiger partial charge in [0.2, 0.25) is 0 Å². The summed E-state index contributed by atoms with van der Waals surface area (Å²) in [6.07, 6.45) is 2.26. The fraction of sp³-hybridized carbons (Fsp3) is 1.00. The average molecular weight is 162 g/mol. The summed E-state index contributed by atoms with van der Waals surface area (Å²) in [4.78, 5) is 0. The Morgan fingerprint density at radius 1 is 1.50 bits per heavy atom. The van der Waals surface area contributed by atoms with Crippen molar-refractivity contribution in [2.45, 2.75) is 33.6 Å². The highest BCUT2D eigenvalue weighted by atomic mass is 31.1. The van der Waals surface area contributed by atoms with E-state index in [9.17, 15) is 4.57 Å². The molecule has 0 fully saturated rings. The van der Waals surface area contributed by atoms with Gasteiger partial charge in [0.1, 0.15) is 0 Å². The molecule has 0 rings (SSSR count). The molecule has 0 heterocycles. The van der Waals surface area contributed by atoms with E-state index >= 15 is 0 Å². The molecule has 3 heteroatoms. The highest BCUT2D eigenvalue weighted by Gasteiger charge is 2.16. The number of hydrogen-bond acceptors (Lipinski definition) is 2. The van der Waals surface area contributed by atoms with Gasteiger partial charge < -0.3 is 0 Å². The molecule has 60 valence electrons. The van der Waals surface area contributed by atoms with E-state index in [2.05, 4.69) is 20.8 Å². The fourth-order valence-corrected chi connectivity index (χ4v) is 1.35. The van der Waals surface area contributed by atoms with Crippen molar-refractivity contribution in [1.29, 1.82) is 0 Å². The maximum absolute atomic E-state index is 9.93. The van der Waals surface area contributed by atoms with Crippen molar-refractivity contribution in [2.75, 3.05) is 6.61 Å². The van der Waals surface area contributed by atoms with Crippen LogP contribution in [-0.4, -0.2) is 6.61 Å². The molecule has 0 aromatic rings. The summed E-state index contributed by atoms with van der Waals surface area (Å²) in [5.41, 5.74) is 0.173. The van der Waals surface area contributed by atoms with Gasteiger partial charge in [-0.1, -0.05) is 27.2 Å². The fourth-order valence-electron chi connectivity index (χ4n) is 0.950. The van der Waals surface area contributed by atoms with Crippen molar-refractivity contribution in [3.8, 4) is 0 Å². The van der Waals surface area contributed by atoms with Crippen molar-refractivity contribution in [1.82, 2.24) is 0 Å². The quantitative estimate of drug-likeness (QED) is 0.581. The maximum atomic E-state index is 9.93. The predicted molar refractivity (Wildman–Crippen MR) is 42.2 cm³/mol. The topological polar surface area (TPSA) is 26.3 Å². The zero-order chi connectivity index (χ0) is 8.04. The molecule has 0 atom stereocenters. The molecule has 10 heavy (non-hydrogen) atoms. The lowest BCUT2D eigenvalue weighted by molar-refractivity contribution is 0.182. The lowest BCUT2D eigenvalue weighted by atomic mass is 9.89. The molecule has 0 aliphatic heterocycles. The Bertz CT molecular complexity index is 102. The van der Waals surface area contributed by atoms with Crippen LogP contribution >= 0.6 is 8.69 Å². The van der Waals surface area contributed by atoms with Crippen LogP contribution in [0.2, 0.25) is 0 Å². The van der Waals surface area contributed by atoms with Gasteiger partial charge in [0.05, 0.1) is 6.61 Å². The summed E-state index contributed by atoms with van der Waals surface area (Å²) in [6, 6.07) is 0. The first-order chi connectivity index (χ1) is 4.62. The van der Waals surface area contributed by atoms with Gasteiger partial charge in [0.15, 0.2) is 0 Å². The summed E-state index contributed by atoms with van der Waals surface area (Å²) in [5.74, 6) is 0. The van der Waals surface area contributed by atoms with Crippen LogP contribution in [0.15, 0.2) is 0 Å². The lowest BCUT2D eigenvalue weighted by Gasteiger charge is -2.21. The van der Waals surface area contributed by atoms with E-state index in [-0.39, 0.29) is 14.1 Å². The second kappa shape index (κ2) is 4.81. The molecule has 0 unspecified atom stereocenters. The normalized spacial score (nSPS) is 12.3. The van der Waals surface area contributed by atoms with E-state index in [1.807, 2.05) is 0 Å². The first-order valence-electron chi connectivity index (χ1n) is 3.57. The Morgan fingerprint density at radius 3 is 2.50 bits per heavy atom. The van der Waals surface area contributed by atoms with Gasteiger partial charge >= 0.3 is 8.69 Å². The summed E-state index contributed by atoms with van der Waals surface area (Å²) < 4.78 is 14.7. The highest BCUT2D eigenvalue weighted by Crippen LogP contribution is 2.23. The van der Waals surface area contributed by atoms with Crippen molar-refractivity contribution in [2.24, 2.45) is 5.41 Å². The minimum Gasteiger partial charge on any atom is -0.294 e. The minimum atomic E-state index is -0.205. The molecule has 0 radical (unpaired) electrons. The minimum absolute atomic E-state index is 0.173. The molecule has 0 amide bonds. The van der Waals surface area contributed by atoms with Crippen LogP contribution in [0.3, 0.4) is 0 Å². The average Bonchev–Trinajstić information content (AvgIpc) is 1.84. The Kier molecular flexibility index (Phi) is 4.84.